The van der Waals surface area contributed by atoms with E-state index in [-0.39, 0.29) is 6.04 Å². The van der Waals surface area contributed by atoms with Gasteiger partial charge >= 0.3 is 0 Å². The maximum atomic E-state index is 6.47. The molecule has 21 heavy (non-hydrogen) atoms. The van der Waals surface area contributed by atoms with E-state index in [4.69, 9.17) is 27.9 Å². The van der Waals surface area contributed by atoms with Gasteiger partial charge in [0.15, 0.2) is 0 Å². The van der Waals surface area contributed by atoms with Crippen molar-refractivity contribution >= 4 is 23.2 Å². The Morgan fingerprint density at radius 3 is 2.38 bits per heavy atom. The van der Waals surface area contributed by atoms with Gasteiger partial charge in [0.25, 0.3) is 0 Å². The summed E-state index contributed by atoms with van der Waals surface area (Å²) < 4.78 is 5.24. The monoisotopic (exact) mass is 331 g/mol. The van der Waals surface area contributed by atoms with Crippen LogP contribution < -0.4 is 10.1 Å². The van der Waals surface area contributed by atoms with Crippen molar-refractivity contribution < 1.29 is 4.74 Å². The Morgan fingerprint density at radius 2 is 1.86 bits per heavy atom. The van der Waals surface area contributed by atoms with E-state index in [9.17, 15) is 0 Å². The van der Waals surface area contributed by atoms with Crippen molar-refractivity contribution in [2.75, 3.05) is 13.7 Å². The minimum atomic E-state index is 0.238. The highest BCUT2D eigenvalue weighted by molar-refractivity contribution is 6.34. The third kappa shape index (κ3) is 5.05. The summed E-state index contributed by atoms with van der Waals surface area (Å²) in [6.45, 7) is 7.50. The minimum Gasteiger partial charge on any atom is -0.495 e. The molecule has 2 atom stereocenters. The third-order valence-corrected chi connectivity index (χ3v) is 4.58. The predicted octanol–water partition coefficient (Wildman–Crippen LogP) is 5.87. The van der Waals surface area contributed by atoms with Gasteiger partial charge in [-0.3, -0.25) is 0 Å². The number of halogens is 2. The van der Waals surface area contributed by atoms with E-state index in [1.54, 1.807) is 7.11 Å². The van der Waals surface area contributed by atoms with Crippen LogP contribution in [-0.2, 0) is 0 Å². The quantitative estimate of drug-likeness (QED) is 0.611. The van der Waals surface area contributed by atoms with Gasteiger partial charge in [0.05, 0.1) is 12.1 Å². The maximum Gasteiger partial charge on any atom is 0.138 e. The normalized spacial score (nSPS) is 14.0. The fourth-order valence-electron chi connectivity index (χ4n) is 2.76. The van der Waals surface area contributed by atoms with E-state index in [1.165, 1.54) is 19.3 Å². The number of hydrogen-bond donors (Lipinski definition) is 1. The zero-order valence-corrected chi connectivity index (χ0v) is 15.0. The SMILES string of the molecule is CCCCC(CC)C(NCC)c1cc(Cl)c(OC)cc1Cl. The van der Waals surface area contributed by atoms with Crippen LogP contribution in [0.4, 0.5) is 0 Å². The zero-order valence-electron chi connectivity index (χ0n) is 13.5. The van der Waals surface area contributed by atoms with Crippen LogP contribution >= 0.6 is 23.2 Å². The van der Waals surface area contributed by atoms with Crippen molar-refractivity contribution in [3.05, 3.63) is 27.7 Å². The van der Waals surface area contributed by atoms with Gasteiger partial charge in [-0.2, -0.15) is 0 Å². The molecule has 2 unspecified atom stereocenters. The predicted molar refractivity (Wildman–Crippen MR) is 92.7 cm³/mol. The molecule has 1 N–H and O–H groups in total. The van der Waals surface area contributed by atoms with Crippen molar-refractivity contribution in [2.24, 2.45) is 5.92 Å². The van der Waals surface area contributed by atoms with Gasteiger partial charge in [0, 0.05) is 17.1 Å². The van der Waals surface area contributed by atoms with Gasteiger partial charge in [-0.25, -0.2) is 0 Å². The second kappa shape index (κ2) is 9.55. The molecule has 0 aromatic heterocycles. The first-order chi connectivity index (χ1) is 10.1. The fraction of sp³-hybridized carbons (Fsp3) is 0.647. The lowest BCUT2D eigenvalue weighted by atomic mass is 9.86. The first-order valence-corrected chi connectivity index (χ1v) is 8.60. The molecule has 1 aromatic carbocycles. The van der Waals surface area contributed by atoms with E-state index >= 15 is 0 Å². The molecule has 4 heteroatoms. The van der Waals surface area contributed by atoms with Crippen LogP contribution in [0, 0.1) is 5.92 Å². The molecule has 0 heterocycles. The number of unbranched alkanes of at least 4 members (excludes halogenated alkanes) is 1. The molecule has 2 nitrogen and oxygen atoms in total. The Bertz CT molecular complexity index is 437. The molecule has 1 rings (SSSR count). The average Bonchev–Trinajstić information content (AvgIpc) is 2.48. The number of hydrogen-bond acceptors (Lipinski definition) is 2. The van der Waals surface area contributed by atoms with Crippen LogP contribution in [0.2, 0.25) is 10.0 Å². The summed E-state index contributed by atoms with van der Waals surface area (Å²) in [6, 6.07) is 4.00. The average molecular weight is 332 g/mol. The topological polar surface area (TPSA) is 21.3 Å². The summed E-state index contributed by atoms with van der Waals surface area (Å²) >= 11 is 12.8. The maximum absolute atomic E-state index is 6.47. The molecule has 1 aromatic rings. The Balaban J connectivity index is 3.11. The fourth-order valence-corrected chi connectivity index (χ4v) is 3.28. The van der Waals surface area contributed by atoms with Crippen LogP contribution in [0.3, 0.4) is 0 Å². The number of ether oxygens (including phenoxy) is 1. The molecular formula is C17H27Cl2NO. The lowest BCUT2D eigenvalue weighted by Gasteiger charge is -2.28. The molecule has 0 spiro atoms. The van der Waals surface area contributed by atoms with Crippen molar-refractivity contribution in [1.82, 2.24) is 5.32 Å². The highest BCUT2D eigenvalue weighted by Crippen LogP contribution is 2.38. The van der Waals surface area contributed by atoms with Gasteiger partial charge < -0.3 is 10.1 Å². The largest absolute Gasteiger partial charge is 0.495 e. The Morgan fingerprint density at radius 1 is 1.14 bits per heavy atom. The summed E-state index contributed by atoms with van der Waals surface area (Å²) in [5.41, 5.74) is 1.08. The summed E-state index contributed by atoms with van der Waals surface area (Å²) in [5.74, 6) is 1.19. The Kier molecular flexibility index (Phi) is 8.46. The van der Waals surface area contributed by atoms with E-state index in [0.717, 1.165) is 23.6 Å². The van der Waals surface area contributed by atoms with E-state index < -0.39 is 0 Å². The molecule has 0 radical (unpaired) electrons. The Labute approximate surface area is 139 Å². The van der Waals surface area contributed by atoms with E-state index in [0.29, 0.717) is 16.7 Å². The molecule has 0 amide bonds. The smallest absolute Gasteiger partial charge is 0.138 e. The van der Waals surface area contributed by atoms with Gasteiger partial charge in [-0.15, -0.1) is 0 Å². The standard InChI is InChI=1S/C17H27Cl2NO/c1-5-8-9-12(6-2)17(20-7-3)13-10-15(19)16(21-4)11-14(13)18/h10-12,17,20H,5-9H2,1-4H3. The summed E-state index contributed by atoms with van der Waals surface area (Å²) in [5, 5.41) is 4.92. The van der Waals surface area contributed by atoms with Crippen molar-refractivity contribution in [2.45, 2.75) is 52.5 Å². The van der Waals surface area contributed by atoms with Crippen LogP contribution in [0.5, 0.6) is 5.75 Å². The van der Waals surface area contributed by atoms with Crippen molar-refractivity contribution in [1.29, 1.82) is 0 Å². The molecule has 0 saturated heterocycles. The lowest BCUT2D eigenvalue weighted by molar-refractivity contribution is 0.327. The first-order valence-electron chi connectivity index (χ1n) is 7.85. The molecule has 0 saturated carbocycles. The lowest BCUT2D eigenvalue weighted by Crippen LogP contribution is -2.28. The van der Waals surface area contributed by atoms with Gasteiger partial charge in [0.2, 0.25) is 0 Å². The van der Waals surface area contributed by atoms with Crippen LogP contribution in [0.1, 0.15) is 58.1 Å². The summed E-state index contributed by atoms with van der Waals surface area (Å²) in [7, 11) is 1.61. The second-order valence-corrected chi connectivity index (χ2v) is 6.17. The molecular weight excluding hydrogens is 305 g/mol. The number of methoxy groups -OCH3 is 1. The number of benzene rings is 1. The molecule has 120 valence electrons. The van der Waals surface area contributed by atoms with Crippen molar-refractivity contribution in [3.8, 4) is 5.75 Å². The summed E-state index contributed by atoms with van der Waals surface area (Å²) in [6.07, 6.45) is 4.77. The second-order valence-electron chi connectivity index (χ2n) is 5.35. The summed E-state index contributed by atoms with van der Waals surface area (Å²) in [4.78, 5) is 0. The highest BCUT2D eigenvalue weighted by atomic mass is 35.5. The van der Waals surface area contributed by atoms with Crippen LogP contribution in [0.25, 0.3) is 0 Å². The van der Waals surface area contributed by atoms with E-state index in [2.05, 4.69) is 26.1 Å². The van der Waals surface area contributed by atoms with Gasteiger partial charge in [0.1, 0.15) is 5.75 Å². The van der Waals surface area contributed by atoms with Crippen LogP contribution in [0.15, 0.2) is 12.1 Å². The minimum absolute atomic E-state index is 0.238. The van der Waals surface area contributed by atoms with Gasteiger partial charge in [-0.05, 0) is 30.5 Å². The Hall–Kier alpha value is -0.440. The van der Waals surface area contributed by atoms with Crippen molar-refractivity contribution in [3.63, 3.8) is 0 Å². The first kappa shape index (κ1) is 18.6. The van der Waals surface area contributed by atoms with Gasteiger partial charge in [-0.1, -0.05) is 63.2 Å². The molecule has 0 fully saturated rings. The van der Waals surface area contributed by atoms with E-state index in [1.807, 2.05) is 12.1 Å². The van der Waals surface area contributed by atoms with Crippen LogP contribution in [-0.4, -0.2) is 13.7 Å². The third-order valence-electron chi connectivity index (χ3n) is 3.95. The zero-order chi connectivity index (χ0) is 15.8. The molecule has 0 aliphatic heterocycles. The highest BCUT2D eigenvalue weighted by Gasteiger charge is 2.24. The molecule has 0 aliphatic rings. The molecule has 0 bridgehead atoms. The molecule has 0 aliphatic carbocycles. The number of nitrogens with one attached hydrogen (secondary N) is 1. The number of rotatable bonds is 9.